The molecule has 2 atom stereocenters. The van der Waals surface area contributed by atoms with Gasteiger partial charge >= 0.3 is 0 Å². The molecule has 0 unspecified atom stereocenters. The summed E-state index contributed by atoms with van der Waals surface area (Å²) in [5.41, 5.74) is 3.55. The van der Waals surface area contributed by atoms with E-state index in [1.54, 1.807) is 9.58 Å². The van der Waals surface area contributed by atoms with Gasteiger partial charge in [0.05, 0.1) is 25.5 Å². The molecular formula is C33H36N6O5. The molecule has 0 saturated carbocycles. The highest BCUT2D eigenvalue weighted by Gasteiger charge is 2.53. The zero-order chi connectivity index (χ0) is 30.4. The van der Waals surface area contributed by atoms with E-state index >= 15 is 0 Å². The first-order chi connectivity index (χ1) is 21.3. The van der Waals surface area contributed by atoms with Crippen molar-refractivity contribution in [1.29, 1.82) is 0 Å². The molecule has 1 spiro atoms. The first-order valence-corrected chi connectivity index (χ1v) is 15.1. The summed E-state index contributed by atoms with van der Waals surface area (Å²) >= 11 is 0. The summed E-state index contributed by atoms with van der Waals surface area (Å²) in [7, 11) is 0. The van der Waals surface area contributed by atoms with E-state index in [1.807, 2.05) is 73.3 Å². The summed E-state index contributed by atoms with van der Waals surface area (Å²) in [6.07, 6.45) is 0.533. The topological polar surface area (TPSA) is 122 Å². The fraction of sp³-hybridized carbons (Fsp3) is 0.394. The van der Waals surface area contributed by atoms with Gasteiger partial charge < -0.3 is 29.6 Å². The molecule has 4 aromatic rings. The van der Waals surface area contributed by atoms with Gasteiger partial charge in [-0.2, -0.15) is 5.10 Å². The number of rotatable bonds is 3. The molecule has 8 rings (SSSR count). The van der Waals surface area contributed by atoms with Gasteiger partial charge in [0.2, 0.25) is 11.8 Å². The van der Waals surface area contributed by atoms with Crippen LogP contribution in [0.3, 0.4) is 0 Å². The molecule has 0 aliphatic carbocycles. The second-order valence-corrected chi connectivity index (χ2v) is 12.2. The van der Waals surface area contributed by atoms with Gasteiger partial charge in [0.1, 0.15) is 12.2 Å². The molecule has 0 radical (unpaired) electrons. The van der Waals surface area contributed by atoms with E-state index in [0.29, 0.717) is 63.0 Å². The fourth-order valence-electron chi connectivity index (χ4n) is 6.87. The Kier molecular flexibility index (Phi) is 7.02. The van der Waals surface area contributed by atoms with Crippen LogP contribution in [-0.4, -0.2) is 88.2 Å². The number of aryl methyl sites for hydroxylation is 2. The number of aromatic amines is 1. The molecule has 44 heavy (non-hydrogen) atoms. The zero-order valence-electron chi connectivity index (χ0n) is 25.0. The lowest BCUT2D eigenvalue weighted by Crippen LogP contribution is -2.50. The maximum Gasteiger partial charge on any atom is 0.270 e. The molecule has 4 aliphatic rings. The lowest BCUT2D eigenvalue weighted by Gasteiger charge is -2.40. The monoisotopic (exact) mass is 596 g/mol. The van der Waals surface area contributed by atoms with Crippen LogP contribution in [0, 0.1) is 19.3 Å². The van der Waals surface area contributed by atoms with Gasteiger partial charge in [-0.25, -0.2) is 0 Å². The van der Waals surface area contributed by atoms with E-state index in [9.17, 15) is 14.4 Å². The largest absolute Gasteiger partial charge is 0.490 e. The molecule has 11 heteroatoms. The minimum absolute atomic E-state index is 0.0294. The van der Waals surface area contributed by atoms with Gasteiger partial charge in [-0.1, -0.05) is 30.3 Å². The summed E-state index contributed by atoms with van der Waals surface area (Å²) in [5, 5.41) is 8.52. The molecule has 2 aromatic heterocycles. The Balaban J connectivity index is 1.16. The number of hydrogen-bond donors (Lipinski definition) is 2. The molecular weight excluding hydrogens is 560 g/mol. The van der Waals surface area contributed by atoms with E-state index in [-0.39, 0.29) is 36.7 Å². The maximum absolute atomic E-state index is 13.6. The van der Waals surface area contributed by atoms with E-state index in [4.69, 9.17) is 9.47 Å². The van der Waals surface area contributed by atoms with Crippen LogP contribution in [0.5, 0.6) is 11.5 Å². The van der Waals surface area contributed by atoms with Crippen LogP contribution in [-0.2, 0) is 16.1 Å². The van der Waals surface area contributed by atoms with E-state index in [2.05, 4.69) is 15.4 Å². The Morgan fingerprint density at radius 3 is 2.75 bits per heavy atom. The number of likely N-dealkylation sites (tertiary alicyclic amines) is 1. The number of para-hydroxylation sites is 2. The fourth-order valence-corrected chi connectivity index (χ4v) is 6.87. The zero-order valence-corrected chi connectivity index (χ0v) is 25.0. The number of fused-ring (bicyclic) bond motifs is 10. The summed E-state index contributed by atoms with van der Waals surface area (Å²) < 4.78 is 14.3. The number of benzene rings is 2. The molecule has 11 nitrogen and oxygen atoms in total. The maximum atomic E-state index is 13.6. The SMILES string of the molecule is Cc1cc(C)n(CC(=O)N2C[C@H]3c4cccc5c4OC[C@@]3(CNC(=O)CN(C(=O)c3cc4ccccc4[nH]3)CCCO5)C2)n1. The number of hydrogen-bond acceptors (Lipinski definition) is 6. The summed E-state index contributed by atoms with van der Waals surface area (Å²) in [6.45, 7) is 6.17. The number of carbonyl (C=O) groups excluding carboxylic acids is 3. The van der Waals surface area contributed by atoms with Crippen molar-refractivity contribution in [2.24, 2.45) is 5.41 Å². The number of amides is 3. The van der Waals surface area contributed by atoms with E-state index < -0.39 is 5.41 Å². The van der Waals surface area contributed by atoms with Crippen LogP contribution in [0.15, 0.2) is 54.6 Å². The third kappa shape index (κ3) is 5.06. The Morgan fingerprint density at radius 1 is 1.07 bits per heavy atom. The number of nitrogens with zero attached hydrogens (tertiary/aromatic N) is 4. The lowest BCUT2D eigenvalue weighted by molar-refractivity contribution is -0.131. The number of nitrogens with one attached hydrogen (secondary N) is 2. The highest BCUT2D eigenvalue weighted by atomic mass is 16.5. The van der Waals surface area contributed by atoms with Gasteiger partial charge in [-0.15, -0.1) is 0 Å². The minimum Gasteiger partial charge on any atom is -0.490 e. The van der Waals surface area contributed by atoms with Crippen molar-refractivity contribution in [3.63, 3.8) is 0 Å². The first-order valence-electron chi connectivity index (χ1n) is 15.1. The molecule has 2 aromatic carbocycles. The lowest BCUT2D eigenvalue weighted by atomic mass is 9.73. The summed E-state index contributed by atoms with van der Waals surface area (Å²) in [5.74, 6) is 0.752. The normalized spacial score (nSPS) is 21.8. The quantitative estimate of drug-likeness (QED) is 0.375. The van der Waals surface area contributed by atoms with Crippen molar-refractivity contribution in [3.8, 4) is 11.5 Å². The minimum atomic E-state index is -0.540. The molecule has 3 amide bonds. The first kappa shape index (κ1) is 28.0. The molecule has 228 valence electrons. The number of H-pyrrole nitrogens is 1. The Labute approximate surface area is 255 Å². The average Bonchev–Trinajstić information content (AvgIpc) is 3.71. The molecule has 1 saturated heterocycles. The van der Waals surface area contributed by atoms with Crippen LogP contribution in [0.1, 0.15) is 39.8 Å². The second kappa shape index (κ2) is 11.0. The predicted molar refractivity (Wildman–Crippen MR) is 163 cm³/mol. The second-order valence-electron chi connectivity index (χ2n) is 12.2. The van der Waals surface area contributed by atoms with Crippen molar-refractivity contribution in [2.75, 3.05) is 45.9 Å². The van der Waals surface area contributed by atoms with Crippen LogP contribution >= 0.6 is 0 Å². The summed E-state index contributed by atoms with van der Waals surface area (Å²) in [4.78, 5) is 47.2. The van der Waals surface area contributed by atoms with Gasteiger partial charge in [0.15, 0.2) is 11.5 Å². The van der Waals surface area contributed by atoms with Crippen LogP contribution in [0.25, 0.3) is 10.9 Å². The third-order valence-corrected chi connectivity index (χ3v) is 9.13. The van der Waals surface area contributed by atoms with Crippen LogP contribution in [0.4, 0.5) is 0 Å². The van der Waals surface area contributed by atoms with E-state index in [0.717, 1.165) is 27.9 Å². The molecule has 2 N–H and O–H groups in total. The molecule has 4 bridgehead atoms. The highest BCUT2D eigenvalue weighted by Crippen LogP contribution is 2.52. The number of carbonyl (C=O) groups is 3. The van der Waals surface area contributed by atoms with Gasteiger partial charge in [0, 0.05) is 59.7 Å². The predicted octanol–water partition coefficient (Wildman–Crippen LogP) is 3.03. The van der Waals surface area contributed by atoms with Crippen molar-refractivity contribution >= 4 is 28.6 Å². The Morgan fingerprint density at radius 2 is 1.93 bits per heavy atom. The molecule has 4 aliphatic heterocycles. The van der Waals surface area contributed by atoms with E-state index in [1.165, 1.54) is 0 Å². The van der Waals surface area contributed by atoms with Gasteiger partial charge in [-0.05, 0) is 44.5 Å². The molecule has 1 fully saturated rings. The average molecular weight is 597 g/mol. The third-order valence-electron chi connectivity index (χ3n) is 9.13. The van der Waals surface area contributed by atoms with Gasteiger partial charge in [0.25, 0.3) is 5.91 Å². The standard InChI is InChI=1S/C33H36N6O5/c1-21-13-22(2)39(36-21)17-30(41)38-15-25-24-8-5-10-28-31(24)44-20-33(25,19-38)18-34-29(40)16-37(11-6-12-43-28)32(42)27-14-23-7-3-4-9-26(23)35-27/h3-5,7-10,13-14,25,35H,6,11-12,15-20H2,1-2H3,(H,34,40)/t25-,33+/m0/s1. The van der Waals surface area contributed by atoms with Gasteiger partial charge in [-0.3, -0.25) is 19.1 Å². The Hall–Kier alpha value is -4.80. The Bertz CT molecular complexity index is 1730. The number of ether oxygens (including phenoxy) is 2. The van der Waals surface area contributed by atoms with Crippen molar-refractivity contribution in [1.82, 2.24) is 29.9 Å². The number of aromatic nitrogens is 3. The van der Waals surface area contributed by atoms with Crippen molar-refractivity contribution in [3.05, 3.63) is 77.2 Å². The summed E-state index contributed by atoms with van der Waals surface area (Å²) in [6, 6.07) is 17.4. The molecule has 6 heterocycles. The van der Waals surface area contributed by atoms with Crippen molar-refractivity contribution in [2.45, 2.75) is 32.7 Å². The van der Waals surface area contributed by atoms with Crippen LogP contribution < -0.4 is 14.8 Å². The van der Waals surface area contributed by atoms with Crippen LogP contribution in [0.2, 0.25) is 0 Å². The highest BCUT2D eigenvalue weighted by molar-refractivity contribution is 5.99. The smallest absolute Gasteiger partial charge is 0.270 e. The van der Waals surface area contributed by atoms with Crippen molar-refractivity contribution < 1.29 is 23.9 Å².